The van der Waals surface area contributed by atoms with Gasteiger partial charge in [-0.05, 0) is 31.9 Å². The van der Waals surface area contributed by atoms with Gasteiger partial charge < -0.3 is 10.3 Å². The van der Waals surface area contributed by atoms with Gasteiger partial charge in [0.05, 0.1) is 17.9 Å². The topological polar surface area (TPSA) is 40.7 Å². The van der Waals surface area contributed by atoms with Gasteiger partial charge in [-0.2, -0.15) is 0 Å². The summed E-state index contributed by atoms with van der Waals surface area (Å²) in [5, 5.41) is 3.44. The summed E-state index contributed by atoms with van der Waals surface area (Å²) in [7, 11) is 0. The fourth-order valence-corrected chi connectivity index (χ4v) is 2.09. The minimum Gasteiger partial charge on any atom is -0.341 e. The summed E-state index contributed by atoms with van der Waals surface area (Å²) in [6.07, 6.45) is 12.1. The van der Waals surface area contributed by atoms with E-state index in [0.717, 1.165) is 23.6 Å². The van der Waals surface area contributed by atoms with E-state index in [-0.39, 0.29) is 0 Å². The average Bonchev–Trinajstić information content (AvgIpc) is 3.00. The van der Waals surface area contributed by atoms with E-state index in [9.17, 15) is 0 Å². The molecule has 1 aromatic rings. The second kappa shape index (κ2) is 5.64. The van der Waals surface area contributed by atoms with E-state index < -0.39 is 0 Å². The molecule has 17 heavy (non-hydrogen) atoms. The number of allylic oxidation sites excluding steroid dienone is 5. The molecule has 0 saturated carbocycles. The van der Waals surface area contributed by atoms with Crippen LogP contribution in [0.3, 0.4) is 0 Å². The first-order chi connectivity index (χ1) is 8.35. The summed E-state index contributed by atoms with van der Waals surface area (Å²) in [6, 6.07) is 0.394. The summed E-state index contributed by atoms with van der Waals surface area (Å²) in [4.78, 5) is 7.84. The molecule has 0 radical (unpaired) electrons. The number of nitrogens with one attached hydrogen (secondary N) is 2. The number of imidazole rings is 1. The zero-order valence-electron chi connectivity index (χ0n) is 10.2. The number of hydrogen-bond acceptors (Lipinski definition) is 2. The van der Waals surface area contributed by atoms with Gasteiger partial charge in [-0.15, -0.1) is 0 Å². The Balaban J connectivity index is 2.16. The van der Waals surface area contributed by atoms with Crippen LogP contribution >= 0.6 is 0 Å². The molecule has 2 heterocycles. The van der Waals surface area contributed by atoms with Crippen LogP contribution in [0.4, 0.5) is 0 Å². The lowest BCUT2D eigenvalue weighted by molar-refractivity contribution is 0.612. The van der Waals surface area contributed by atoms with Crippen LogP contribution in [0, 0.1) is 0 Å². The lowest BCUT2D eigenvalue weighted by Crippen LogP contribution is -2.14. The first kappa shape index (κ1) is 11.9. The van der Waals surface area contributed by atoms with Crippen LogP contribution in [0.5, 0.6) is 0 Å². The Morgan fingerprint density at radius 3 is 3.12 bits per heavy atom. The van der Waals surface area contributed by atoms with Crippen LogP contribution in [0.2, 0.25) is 0 Å². The van der Waals surface area contributed by atoms with E-state index in [4.69, 9.17) is 0 Å². The molecule has 2 N–H and O–H groups in total. The van der Waals surface area contributed by atoms with Crippen molar-refractivity contribution < 1.29 is 0 Å². The van der Waals surface area contributed by atoms with Crippen LogP contribution in [0.15, 0.2) is 37.1 Å². The predicted molar refractivity (Wildman–Crippen MR) is 71.6 cm³/mol. The maximum absolute atomic E-state index is 4.46. The van der Waals surface area contributed by atoms with Crippen LogP contribution in [0.25, 0.3) is 5.57 Å². The number of H-pyrrole nitrogens is 1. The number of nitrogens with zero attached hydrogens (tertiary/aromatic N) is 1. The van der Waals surface area contributed by atoms with Crippen LogP contribution in [0.1, 0.15) is 37.3 Å². The normalized spacial score (nSPS) is 21.2. The molecule has 1 unspecified atom stereocenters. The molecule has 1 aliphatic heterocycles. The highest BCUT2D eigenvalue weighted by Crippen LogP contribution is 2.22. The van der Waals surface area contributed by atoms with Gasteiger partial charge in [0.1, 0.15) is 5.82 Å². The molecule has 1 aromatic heterocycles. The third-order valence-corrected chi connectivity index (χ3v) is 3.02. The minimum absolute atomic E-state index is 0.394. The molecule has 0 amide bonds. The summed E-state index contributed by atoms with van der Waals surface area (Å²) in [5.74, 6) is 1.05. The van der Waals surface area contributed by atoms with Crippen molar-refractivity contribution >= 4 is 5.57 Å². The van der Waals surface area contributed by atoms with Crippen molar-refractivity contribution in [2.45, 2.75) is 25.8 Å². The van der Waals surface area contributed by atoms with Gasteiger partial charge in [0.15, 0.2) is 0 Å². The van der Waals surface area contributed by atoms with Gasteiger partial charge in [-0.1, -0.05) is 30.9 Å². The Bertz CT molecular complexity index is 434. The van der Waals surface area contributed by atoms with Gasteiger partial charge >= 0.3 is 0 Å². The van der Waals surface area contributed by atoms with Crippen molar-refractivity contribution in [1.82, 2.24) is 15.3 Å². The van der Waals surface area contributed by atoms with Crippen molar-refractivity contribution in [1.29, 1.82) is 0 Å². The summed E-state index contributed by atoms with van der Waals surface area (Å²) in [6.45, 7) is 6.79. The van der Waals surface area contributed by atoms with Crippen molar-refractivity contribution in [3.63, 3.8) is 0 Å². The highest BCUT2D eigenvalue weighted by atomic mass is 15.0. The minimum atomic E-state index is 0.394. The highest BCUT2D eigenvalue weighted by Gasteiger charge is 2.19. The Morgan fingerprint density at radius 1 is 1.59 bits per heavy atom. The summed E-state index contributed by atoms with van der Waals surface area (Å²) < 4.78 is 0. The third-order valence-electron chi connectivity index (χ3n) is 3.02. The lowest BCUT2D eigenvalue weighted by atomic mass is 10.2. The second-order valence-corrected chi connectivity index (χ2v) is 4.17. The van der Waals surface area contributed by atoms with Crippen LogP contribution in [-0.4, -0.2) is 16.5 Å². The Hall–Kier alpha value is -1.61. The van der Waals surface area contributed by atoms with E-state index >= 15 is 0 Å². The molecule has 0 aliphatic carbocycles. The maximum atomic E-state index is 4.46. The standard InChI is InChI=1S/C14H19N3/c1-3-5-7-11(4-2)13-10-16-14(17-13)12-8-6-9-15-12/h3-5,7,10,12,15H,1,6,8-9H2,2H3,(H,16,17)/b7-5-,11-4+. The molecule has 0 bridgehead atoms. The molecule has 1 saturated heterocycles. The Morgan fingerprint density at radius 2 is 2.47 bits per heavy atom. The molecule has 1 aliphatic rings. The first-order valence-electron chi connectivity index (χ1n) is 6.09. The van der Waals surface area contributed by atoms with Gasteiger partial charge in [-0.3, -0.25) is 0 Å². The number of hydrogen-bond donors (Lipinski definition) is 2. The molecule has 1 atom stereocenters. The van der Waals surface area contributed by atoms with E-state index in [1.54, 1.807) is 6.08 Å². The van der Waals surface area contributed by atoms with Gasteiger partial charge in [-0.25, -0.2) is 4.98 Å². The number of aromatic nitrogens is 2. The fraction of sp³-hybridized carbons (Fsp3) is 0.357. The lowest BCUT2D eigenvalue weighted by Gasteiger charge is -2.05. The summed E-state index contributed by atoms with van der Waals surface area (Å²) >= 11 is 0. The van der Waals surface area contributed by atoms with Crippen molar-refractivity contribution in [2.75, 3.05) is 6.54 Å². The number of aromatic amines is 1. The largest absolute Gasteiger partial charge is 0.341 e. The Kier molecular flexibility index (Phi) is 3.94. The zero-order chi connectivity index (χ0) is 12.1. The first-order valence-corrected chi connectivity index (χ1v) is 6.09. The smallest absolute Gasteiger partial charge is 0.123 e. The molecule has 3 heteroatoms. The van der Waals surface area contributed by atoms with E-state index in [2.05, 4.69) is 27.9 Å². The van der Waals surface area contributed by atoms with Crippen molar-refractivity contribution in [3.05, 3.63) is 48.6 Å². The van der Waals surface area contributed by atoms with Crippen molar-refractivity contribution in [2.24, 2.45) is 0 Å². The maximum Gasteiger partial charge on any atom is 0.123 e. The predicted octanol–water partition coefficient (Wildman–Crippen LogP) is 2.98. The molecular formula is C14H19N3. The second-order valence-electron chi connectivity index (χ2n) is 4.17. The summed E-state index contributed by atoms with van der Waals surface area (Å²) in [5.41, 5.74) is 2.20. The Labute approximate surface area is 102 Å². The number of rotatable bonds is 4. The molecule has 90 valence electrons. The molecular weight excluding hydrogens is 210 g/mol. The van der Waals surface area contributed by atoms with Crippen LogP contribution < -0.4 is 5.32 Å². The molecule has 2 rings (SSSR count). The average molecular weight is 229 g/mol. The monoisotopic (exact) mass is 229 g/mol. The molecule has 0 spiro atoms. The van der Waals surface area contributed by atoms with Gasteiger partial charge in [0, 0.05) is 0 Å². The van der Waals surface area contributed by atoms with E-state index in [1.165, 1.54) is 12.8 Å². The highest BCUT2D eigenvalue weighted by molar-refractivity contribution is 5.71. The SMILES string of the molecule is C=C/C=C\C(=C/C)c1cnc(C2CCCN2)[nH]1. The fourth-order valence-electron chi connectivity index (χ4n) is 2.09. The molecule has 1 fully saturated rings. The van der Waals surface area contributed by atoms with Crippen LogP contribution in [-0.2, 0) is 0 Å². The molecule has 0 aromatic carbocycles. The third kappa shape index (κ3) is 2.74. The van der Waals surface area contributed by atoms with E-state index in [1.807, 2.05) is 25.3 Å². The quantitative estimate of drug-likeness (QED) is 0.779. The molecule has 3 nitrogen and oxygen atoms in total. The van der Waals surface area contributed by atoms with Gasteiger partial charge in [0.2, 0.25) is 0 Å². The van der Waals surface area contributed by atoms with Gasteiger partial charge in [0.25, 0.3) is 0 Å². The van der Waals surface area contributed by atoms with Crippen molar-refractivity contribution in [3.8, 4) is 0 Å². The van der Waals surface area contributed by atoms with E-state index in [0.29, 0.717) is 6.04 Å². The zero-order valence-corrected chi connectivity index (χ0v) is 10.2.